The van der Waals surface area contributed by atoms with Crippen molar-refractivity contribution in [2.24, 2.45) is 17.8 Å². The van der Waals surface area contributed by atoms with Crippen molar-refractivity contribution < 1.29 is 8.78 Å². The molecule has 0 heterocycles. The standard InChI is InChI=1S/C18H28F2/c1-2-3-4-6-14-9-11-15(12-10-14)16-7-5-8-17(13-16)18(19)20/h14-16H,2-7,9-13H2,1H3/t14-,15-,16?. The van der Waals surface area contributed by atoms with Gasteiger partial charge in [-0.3, -0.25) is 0 Å². The minimum atomic E-state index is -1.50. The molecule has 20 heavy (non-hydrogen) atoms. The normalized spacial score (nSPS) is 31.4. The van der Waals surface area contributed by atoms with E-state index >= 15 is 0 Å². The van der Waals surface area contributed by atoms with Crippen LogP contribution in [0.2, 0.25) is 0 Å². The van der Waals surface area contributed by atoms with E-state index in [0.717, 1.165) is 18.8 Å². The van der Waals surface area contributed by atoms with Crippen LogP contribution in [0.1, 0.15) is 77.6 Å². The molecule has 2 aliphatic carbocycles. The molecule has 0 bridgehead atoms. The fourth-order valence-corrected chi connectivity index (χ4v) is 4.02. The molecule has 0 nitrogen and oxygen atoms in total. The Kier molecular flexibility index (Phi) is 6.51. The van der Waals surface area contributed by atoms with E-state index in [2.05, 4.69) is 13.3 Å². The molecule has 2 aliphatic rings. The molecule has 0 aliphatic heterocycles. The second-order valence-electron chi connectivity index (χ2n) is 6.70. The van der Waals surface area contributed by atoms with Crippen molar-refractivity contribution in [3.63, 3.8) is 0 Å². The quantitative estimate of drug-likeness (QED) is 0.511. The van der Waals surface area contributed by atoms with Gasteiger partial charge in [0.2, 0.25) is 0 Å². The summed E-state index contributed by atoms with van der Waals surface area (Å²) in [5, 5.41) is 0. The van der Waals surface area contributed by atoms with E-state index < -0.39 is 6.08 Å². The van der Waals surface area contributed by atoms with Gasteiger partial charge in [-0.15, -0.1) is 0 Å². The van der Waals surface area contributed by atoms with E-state index in [9.17, 15) is 8.78 Å². The van der Waals surface area contributed by atoms with Gasteiger partial charge in [-0.25, -0.2) is 0 Å². The average molecular weight is 282 g/mol. The van der Waals surface area contributed by atoms with Crippen LogP contribution in [0.4, 0.5) is 8.78 Å². The number of allylic oxidation sites excluding steroid dienone is 1. The van der Waals surface area contributed by atoms with Crippen LogP contribution in [0.5, 0.6) is 0 Å². The molecule has 1 unspecified atom stereocenters. The van der Waals surface area contributed by atoms with Crippen LogP contribution in [-0.2, 0) is 0 Å². The molecule has 0 amide bonds. The number of hydrogen-bond donors (Lipinski definition) is 0. The zero-order valence-corrected chi connectivity index (χ0v) is 12.8. The van der Waals surface area contributed by atoms with Gasteiger partial charge in [0.1, 0.15) is 0 Å². The Bertz CT molecular complexity index is 309. The Morgan fingerprint density at radius 2 is 1.80 bits per heavy atom. The molecule has 0 aromatic carbocycles. The van der Waals surface area contributed by atoms with Gasteiger partial charge in [0.05, 0.1) is 0 Å². The average Bonchev–Trinajstić information content (AvgIpc) is 2.48. The lowest BCUT2D eigenvalue weighted by Gasteiger charge is -2.36. The molecule has 2 saturated carbocycles. The first kappa shape index (κ1) is 16.0. The summed E-state index contributed by atoms with van der Waals surface area (Å²) in [6.07, 6.45) is 14.4. The second-order valence-corrected chi connectivity index (χ2v) is 6.70. The number of rotatable bonds is 5. The fourth-order valence-electron chi connectivity index (χ4n) is 4.02. The van der Waals surface area contributed by atoms with Crippen LogP contribution in [0.25, 0.3) is 0 Å². The Hall–Kier alpha value is -0.400. The molecule has 2 heteroatoms. The van der Waals surface area contributed by atoms with Crippen LogP contribution in [0, 0.1) is 24.2 Å². The first-order valence-corrected chi connectivity index (χ1v) is 8.48. The van der Waals surface area contributed by atoms with E-state index in [1.165, 1.54) is 51.4 Å². The van der Waals surface area contributed by atoms with Crippen molar-refractivity contribution in [3.8, 4) is 0 Å². The molecule has 0 saturated heterocycles. The lowest BCUT2D eigenvalue weighted by atomic mass is 9.69. The van der Waals surface area contributed by atoms with Crippen LogP contribution in [0.15, 0.2) is 11.7 Å². The van der Waals surface area contributed by atoms with E-state index in [-0.39, 0.29) is 5.57 Å². The van der Waals surface area contributed by atoms with Crippen molar-refractivity contribution in [1.29, 1.82) is 0 Å². The maximum Gasteiger partial charge on any atom is 0.270 e. The van der Waals surface area contributed by atoms with Gasteiger partial charge >= 0.3 is 0 Å². The molecule has 0 N–H and O–H groups in total. The molecule has 2 fully saturated rings. The molecule has 0 spiro atoms. The third-order valence-electron chi connectivity index (χ3n) is 5.32. The van der Waals surface area contributed by atoms with E-state index in [0.29, 0.717) is 18.3 Å². The van der Waals surface area contributed by atoms with Gasteiger partial charge < -0.3 is 0 Å². The van der Waals surface area contributed by atoms with Crippen LogP contribution < -0.4 is 0 Å². The minimum absolute atomic E-state index is 0.214. The Balaban J connectivity index is 1.74. The van der Waals surface area contributed by atoms with Gasteiger partial charge in [0.15, 0.2) is 0 Å². The third-order valence-corrected chi connectivity index (χ3v) is 5.32. The highest BCUT2D eigenvalue weighted by Crippen LogP contribution is 2.42. The van der Waals surface area contributed by atoms with Crippen LogP contribution in [0.3, 0.4) is 0 Å². The highest BCUT2D eigenvalue weighted by Gasteiger charge is 2.30. The molecule has 2 radical (unpaired) electrons. The smallest absolute Gasteiger partial charge is 0.173 e. The molecule has 114 valence electrons. The van der Waals surface area contributed by atoms with Gasteiger partial charge in [-0.1, -0.05) is 45.4 Å². The SMILES string of the molecule is CCCCC[C@H]1CC[C@H](C2CC[C]C(=C(F)F)C2)CC1. The Morgan fingerprint density at radius 1 is 1.05 bits per heavy atom. The summed E-state index contributed by atoms with van der Waals surface area (Å²) < 4.78 is 25.4. The first-order chi connectivity index (χ1) is 9.70. The number of halogens is 2. The summed E-state index contributed by atoms with van der Waals surface area (Å²) >= 11 is 0. The molecule has 0 aromatic heterocycles. The maximum absolute atomic E-state index is 12.7. The molecule has 0 aromatic rings. The zero-order valence-electron chi connectivity index (χ0n) is 12.8. The zero-order chi connectivity index (χ0) is 14.4. The maximum atomic E-state index is 12.7. The Labute approximate surface area is 123 Å². The summed E-state index contributed by atoms with van der Waals surface area (Å²) in [6, 6.07) is 0. The van der Waals surface area contributed by atoms with Crippen molar-refractivity contribution in [1.82, 2.24) is 0 Å². The van der Waals surface area contributed by atoms with Crippen molar-refractivity contribution >= 4 is 0 Å². The van der Waals surface area contributed by atoms with Gasteiger partial charge in [-0.2, -0.15) is 8.78 Å². The van der Waals surface area contributed by atoms with Gasteiger partial charge in [-0.05, 0) is 49.9 Å². The van der Waals surface area contributed by atoms with E-state index in [1.807, 2.05) is 0 Å². The predicted molar refractivity (Wildman–Crippen MR) is 79.4 cm³/mol. The Morgan fingerprint density at radius 3 is 2.45 bits per heavy atom. The highest BCUT2D eigenvalue weighted by atomic mass is 19.3. The summed E-state index contributed by atoms with van der Waals surface area (Å²) in [5.41, 5.74) is 0.214. The lowest BCUT2D eigenvalue weighted by molar-refractivity contribution is 0.180. The van der Waals surface area contributed by atoms with Gasteiger partial charge in [0, 0.05) is 12.0 Å². The van der Waals surface area contributed by atoms with Crippen molar-refractivity contribution in [3.05, 3.63) is 18.1 Å². The second kappa shape index (κ2) is 8.14. The predicted octanol–water partition coefficient (Wildman–Crippen LogP) is 6.41. The first-order valence-electron chi connectivity index (χ1n) is 8.48. The third kappa shape index (κ3) is 4.56. The molecular weight excluding hydrogens is 254 g/mol. The summed E-state index contributed by atoms with van der Waals surface area (Å²) in [6.45, 7) is 2.25. The van der Waals surface area contributed by atoms with Crippen LogP contribution >= 0.6 is 0 Å². The van der Waals surface area contributed by atoms with Crippen molar-refractivity contribution in [2.75, 3.05) is 0 Å². The minimum Gasteiger partial charge on any atom is -0.173 e. The topological polar surface area (TPSA) is 0 Å². The summed E-state index contributed by atoms with van der Waals surface area (Å²) in [4.78, 5) is 0. The summed E-state index contributed by atoms with van der Waals surface area (Å²) in [5.74, 6) is 2.09. The summed E-state index contributed by atoms with van der Waals surface area (Å²) in [7, 11) is 0. The molecule has 2 rings (SSSR count). The van der Waals surface area contributed by atoms with Crippen LogP contribution in [-0.4, -0.2) is 0 Å². The van der Waals surface area contributed by atoms with Gasteiger partial charge in [0.25, 0.3) is 6.08 Å². The highest BCUT2D eigenvalue weighted by molar-refractivity contribution is 5.17. The van der Waals surface area contributed by atoms with E-state index in [1.54, 1.807) is 0 Å². The number of hydrogen-bond acceptors (Lipinski definition) is 0. The van der Waals surface area contributed by atoms with Crippen molar-refractivity contribution in [2.45, 2.75) is 77.6 Å². The molecular formula is C18H28F2. The van der Waals surface area contributed by atoms with E-state index in [4.69, 9.17) is 0 Å². The lowest BCUT2D eigenvalue weighted by Crippen LogP contribution is -2.24. The fraction of sp³-hybridized carbons (Fsp3) is 0.833. The number of unbranched alkanes of at least 4 members (excludes halogenated alkanes) is 2. The monoisotopic (exact) mass is 282 g/mol. The largest absolute Gasteiger partial charge is 0.270 e. The molecule has 1 atom stereocenters.